The number of nitrogens with two attached hydrogens (primary N) is 3. The number of ether oxygens (including phenoxy) is 1. The largest absolute Gasteiger partial charge is 0.494 e. The Labute approximate surface area is 93.8 Å². The number of guanidine groups is 2. The third-order valence-corrected chi connectivity index (χ3v) is 1.81. The van der Waals surface area contributed by atoms with Crippen LogP contribution >= 0.6 is 0 Å². The van der Waals surface area contributed by atoms with Gasteiger partial charge in [0.15, 0.2) is 5.96 Å². The zero-order chi connectivity index (χ0) is 12.1. The van der Waals surface area contributed by atoms with Gasteiger partial charge in [-0.25, -0.2) is 4.99 Å². The fourth-order valence-electron chi connectivity index (χ4n) is 1.17. The Hall–Kier alpha value is -2.24. The van der Waals surface area contributed by atoms with Crippen molar-refractivity contribution in [1.29, 1.82) is 0 Å². The fourth-order valence-corrected chi connectivity index (χ4v) is 1.17. The third kappa shape index (κ3) is 3.16. The molecule has 0 amide bonds. The van der Waals surface area contributed by atoms with Crippen LogP contribution in [0.3, 0.4) is 0 Å². The highest BCUT2D eigenvalue weighted by molar-refractivity contribution is 5.93. The summed E-state index contributed by atoms with van der Waals surface area (Å²) in [5, 5.41) is 0. The molecule has 0 unspecified atom stereocenters. The van der Waals surface area contributed by atoms with Crippen molar-refractivity contribution in [3.05, 3.63) is 23.8 Å². The van der Waals surface area contributed by atoms with Gasteiger partial charge < -0.3 is 21.9 Å². The lowest BCUT2D eigenvalue weighted by Crippen LogP contribution is -2.26. The van der Waals surface area contributed by atoms with Crippen molar-refractivity contribution in [3.8, 4) is 5.75 Å². The summed E-state index contributed by atoms with van der Waals surface area (Å²) in [6.07, 6.45) is 0. The molecule has 86 valence electrons. The van der Waals surface area contributed by atoms with Crippen LogP contribution in [-0.2, 0) is 0 Å². The number of benzene rings is 1. The van der Waals surface area contributed by atoms with E-state index in [1.807, 2.05) is 19.1 Å². The van der Waals surface area contributed by atoms with Crippen molar-refractivity contribution >= 4 is 17.6 Å². The normalized spacial score (nSPS) is 11.0. The van der Waals surface area contributed by atoms with Crippen molar-refractivity contribution in [1.82, 2.24) is 0 Å². The molecule has 0 aliphatic rings. The molecule has 1 aromatic carbocycles. The van der Waals surface area contributed by atoms with E-state index in [-0.39, 0.29) is 11.9 Å². The molecule has 6 heteroatoms. The van der Waals surface area contributed by atoms with Gasteiger partial charge in [0.1, 0.15) is 11.4 Å². The van der Waals surface area contributed by atoms with Gasteiger partial charge in [-0.15, -0.1) is 0 Å². The topological polar surface area (TPSA) is 112 Å². The Kier molecular flexibility index (Phi) is 3.71. The molecule has 0 fully saturated rings. The van der Waals surface area contributed by atoms with E-state index >= 15 is 0 Å². The second-order valence-electron chi connectivity index (χ2n) is 3.18. The van der Waals surface area contributed by atoms with Crippen molar-refractivity contribution in [2.75, 3.05) is 7.11 Å². The first-order valence-electron chi connectivity index (χ1n) is 4.61. The van der Waals surface area contributed by atoms with Crippen LogP contribution in [0.25, 0.3) is 0 Å². The van der Waals surface area contributed by atoms with Crippen LogP contribution in [0.4, 0.5) is 5.69 Å². The fraction of sp³-hybridized carbons (Fsp3) is 0.200. The van der Waals surface area contributed by atoms with Gasteiger partial charge in [0.2, 0.25) is 5.96 Å². The lowest BCUT2D eigenvalue weighted by molar-refractivity contribution is 0.416. The molecule has 6 nitrogen and oxygen atoms in total. The van der Waals surface area contributed by atoms with Crippen LogP contribution in [0.15, 0.2) is 28.2 Å². The Bertz CT molecular complexity index is 435. The number of rotatable bonds is 2. The van der Waals surface area contributed by atoms with E-state index in [0.29, 0.717) is 11.4 Å². The molecule has 1 aromatic rings. The second-order valence-corrected chi connectivity index (χ2v) is 3.18. The van der Waals surface area contributed by atoms with E-state index in [9.17, 15) is 0 Å². The lowest BCUT2D eigenvalue weighted by atomic mass is 10.2. The van der Waals surface area contributed by atoms with Crippen LogP contribution in [0.5, 0.6) is 5.75 Å². The molecule has 0 atom stereocenters. The maximum absolute atomic E-state index is 5.53. The van der Waals surface area contributed by atoms with Crippen molar-refractivity contribution in [2.45, 2.75) is 6.92 Å². The predicted octanol–water partition coefficient (Wildman–Crippen LogP) is 0.223. The Balaban J connectivity index is 3.12. The van der Waals surface area contributed by atoms with Crippen molar-refractivity contribution in [3.63, 3.8) is 0 Å². The minimum Gasteiger partial charge on any atom is -0.494 e. The summed E-state index contributed by atoms with van der Waals surface area (Å²) in [6, 6.07) is 5.54. The van der Waals surface area contributed by atoms with Crippen molar-refractivity contribution in [2.24, 2.45) is 27.2 Å². The molecule has 0 aromatic heterocycles. The third-order valence-electron chi connectivity index (χ3n) is 1.81. The van der Waals surface area contributed by atoms with E-state index in [1.165, 1.54) is 0 Å². The summed E-state index contributed by atoms with van der Waals surface area (Å²) in [5.74, 6) is 0.469. The van der Waals surface area contributed by atoms with Crippen LogP contribution < -0.4 is 21.9 Å². The molecule has 0 aliphatic heterocycles. The Morgan fingerprint density at radius 2 is 1.94 bits per heavy atom. The summed E-state index contributed by atoms with van der Waals surface area (Å²) >= 11 is 0. The smallest absolute Gasteiger partial charge is 0.223 e. The van der Waals surface area contributed by atoms with Gasteiger partial charge in [-0.2, -0.15) is 4.99 Å². The van der Waals surface area contributed by atoms with Gasteiger partial charge >= 0.3 is 0 Å². The number of hydrogen-bond acceptors (Lipinski definition) is 2. The standard InChI is InChI=1S/C10H15N5O/c1-6-3-4-8(16-2)7(5-6)14-10(13)15-9(11)12/h3-5H,1-2H3,(H6,11,12,13,14,15). The zero-order valence-electron chi connectivity index (χ0n) is 9.27. The molecule has 0 saturated carbocycles. The van der Waals surface area contributed by atoms with Gasteiger partial charge in [0, 0.05) is 0 Å². The van der Waals surface area contributed by atoms with Gasteiger partial charge in [0.05, 0.1) is 7.11 Å². The van der Waals surface area contributed by atoms with E-state index in [0.717, 1.165) is 5.56 Å². The molecule has 0 heterocycles. The lowest BCUT2D eigenvalue weighted by Gasteiger charge is -2.05. The highest BCUT2D eigenvalue weighted by atomic mass is 16.5. The Morgan fingerprint density at radius 1 is 1.25 bits per heavy atom. The van der Waals surface area contributed by atoms with Crippen LogP contribution in [0, 0.1) is 6.92 Å². The van der Waals surface area contributed by atoms with Gasteiger partial charge in [-0.1, -0.05) is 6.07 Å². The number of nitrogens with zero attached hydrogens (tertiary/aromatic N) is 2. The van der Waals surface area contributed by atoms with Crippen LogP contribution in [0.1, 0.15) is 5.56 Å². The van der Waals surface area contributed by atoms with Crippen molar-refractivity contribution < 1.29 is 4.74 Å². The summed E-state index contributed by atoms with van der Waals surface area (Å²) in [4.78, 5) is 7.67. The van der Waals surface area contributed by atoms with Crippen LogP contribution in [0.2, 0.25) is 0 Å². The maximum Gasteiger partial charge on any atom is 0.223 e. The highest BCUT2D eigenvalue weighted by Gasteiger charge is 2.02. The first kappa shape index (κ1) is 11.8. The van der Waals surface area contributed by atoms with E-state index in [1.54, 1.807) is 13.2 Å². The predicted molar refractivity (Wildman–Crippen MR) is 64.8 cm³/mol. The second kappa shape index (κ2) is 5.01. The quantitative estimate of drug-likeness (QED) is 0.490. The first-order chi connectivity index (χ1) is 7.52. The molecule has 0 radical (unpaired) electrons. The number of methoxy groups -OCH3 is 1. The van der Waals surface area contributed by atoms with E-state index in [2.05, 4.69) is 9.98 Å². The number of aliphatic imine (C=N–C) groups is 2. The summed E-state index contributed by atoms with van der Waals surface area (Å²) in [7, 11) is 1.56. The van der Waals surface area contributed by atoms with Gasteiger partial charge in [-0.05, 0) is 24.6 Å². The number of hydrogen-bond donors (Lipinski definition) is 3. The van der Waals surface area contributed by atoms with Gasteiger partial charge in [0.25, 0.3) is 0 Å². The average molecular weight is 221 g/mol. The highest BCUT2D eigenvalue weighted by Crippen LogP contribution is 2.27. The molecule has 16 heavy (non-hydrogen) atoms. The van der Waals surface area contributed by atoms with Crippen LogP contribution in [-0.4, -0.2) is 19.0 Å². The minimum absolute atomic E-state index is 0.0103. The SMILES string of the molecule is COc1ccc(C)cc1N=C(N)N=C(N)N. The maximum atomic E-state index is 5.53. The molecule has 0 aliphatic carbocycles. The van der Waals surface area contributed by atoms with E-state index < -0.39 is 0 Å². The van der Waals surface area contributed by atoms with Gasteiger partial charge in [-0.3, -0.25) is 0 Å². The Morgan fingerprint density at radius 3 is 2.50 bits per heavy atom. The zero-order valence-corrected chi connectivity index (χ0v) is 9.27. The molecule has 1 rings (SSSR count). The monoisotopic (exact) mass is 221 g/mol. The molecule has 6 N–H and O–H groups in total. The average Bonchev–Trinajstić information content (AvgIpc) is 2.16. The minimum atomic E-state index is -0.132. The molecule has 0 spiro atoms. The number of aryl methyl sites for hydroxylation is 1. The summed E-state index contributed by atoms with van der Waals surface area (Å²) in [6.45, 7) is 1.94. The summed E-state index contributed by atoms with van der Waals surface area (Å²) in [5.41, 5.74) is 17.5. The molecule has 0 bridgehead atoms. The molecular weight excluding hydrogens is 206 g/mol. The summed E-state index contributed by atoms with van der Waals surface area (Å²) < 4.78 is 5.13. The first-order valence-corrected chi connectivity index (χ1v) is 4.61. The molecular formula is C10H15N5O. The molecule has 0 saturated heterocycles. The van der Waals surface area contributed by atoms with E-state index in [4.69, 9.17) is 21.9 Å².